The number of nitrogens with one attached hydrogen (secondary N) is 1. The highest BCUT2D eigenvalue weighted by Gasteiger charge is 2.28. The van der Waals surface area contributed by atoms with Crippen molar-refractivity contribution in [2.75, 3.05) is 38.6 Å². The van der Waals surface area contributed by atoms with Crippen LogP contribution < -0.4 is 10.1 Å². The predicted octanol–water partition coefficient (Wildman–Crippen LogP) is 3.20. The van der Waals surface area contributed by atoms with Gasteiger partial charge in [-0.3, -0.25) is 14.5 Å². The van der Waals surface area contributed by atoms with Crippen molar-refractivity contribution < 1.29 is 14.3 Å². The number of carbonyl (C=O) groups is 2. The summed E-state index contributed by atoms with van der Waals surface area (Å²) < 4.78 is 5.12. The first kappa shape index (κ1) is 19.7. The molecule has 0 unspecified atom stereocenters. The van der Waals surface area contributed by atoms with Gasteiger partial charge in [-0.05, 0) is 36.6 Å². The Hall–Kier alpha value is -2.09. The maximum Gasteiger partial charge on any atom is 0.264 e. The fourth-order valence-corrected chi connectivity index (χ4v) is 3.97. The number of anilines is 1. The average molecular weight is 408 g/mol. The van der Waals surface area contributed by atoms with Crippen molar-refractivity contribution in [2.24, 2.45) is 0 Å². The van der Waals surface area contributed by atoms with E-state index < -0.39 is 0 Å². The predicted molar refractivity (Wildman–Crippen MR) is 108 cm³/mol. The summed E-state index contributed by atoms with van der Waals surface area (Å²) in [4.78, 5) is 29.7. The molecule has 6 nitrogen and oxygen atoms in total. The second kappa shape index (κ2) is 8.73. The molecular weight excluding hydrogens is 386 g/mol. The van der Waals surface area contributed by atoms with E-state index in [1.165, 1.54) is 11.3 Å². The molecule has 1 N–H and O–H groups in total. The lowest BCUT2D eigenvalue weighted by molar-refractivity contribution is -0.121. The van der Waals surface area contributed by atoms with Gasteiger partial charge in [0.15, 0.2) is 0 Å². The van der Waals surface area contributed by atoms with Gasteiger partial charge in [0.25, 0.3) is 5.91 Å². The van der Waals surface area contributed by atoms with Crippen LogP contribution in [0.15, 0.2) is 35.7 Å². The first-order valence-electron chi connectivity index (χ1n) is 8.71. The zero-order valence-electron chi connectivity index (χ0n) is 15.3. The van der Waals surface area contributed by atoms with Crippen molar-refractivity contribution in [1.29, 1.82) is 0 Å². The lowest BCUT2D eigenvalue weighted by Crippen LogP contribution is -2.53. The molecular formula is C19H22ClN3O3S. The zero-order chi connectivity index (χ0) is 19.4. The molecule has 144 valence electrons. The van der Waals surface area contributed by atoms with Crippen LogP contribution in [0.1, 0.15) is 16.6 Å². The fraction of sp³-hybridized carbons (Fsp3) is 0.368. The number of carbonyl (C=O) groups excluding carboxylic acids is 2. The van der Waals surface area contributed by atoms with Gasteiger partial charge in [0.1, 0.15) is 5.75 Å². The number of ether oxygens (including phenoxy) is 1. The molecule has 1 atom stereocenters. The van der Waals surface area contributed by atoms with Gasteiger partial charge in [0.2, 0.25) is 5.91 Å². The van der Waals surface area contributed by atoms with Crippen molar-refractivity contribution in [2.45, 2.75) is 13.0 Å². The minimum Gasteiger partial charge on any atom is -0.495 e. The number of hydrogen-bond acceptors (Lipinski definition) is 5. The third-order valence-corrected chi connectivity index (χ3v) is 5.83. The third-order valence-electron chi connectivity index (χ3n) is 4.68. The summed E-state index contributed by atoms with van der Waals surface area (Å²) in [6.07, 6.45) is 0. The molecule has 1 aromatic carbocycles. The van der Waals surface area contributed by atoms with Gasteiger partial charge >= 0.3 is 0 Å². The highest BCUT2D eigenvalue weighted by Crippen LogP contribution is 2.27. The summed E-state index contributed by atoms with van der Waals surface area (Å²) in [6.45, 7) is 4.42. The number of halogens is 1. The van der Waals surface area contributed by atoms with E-state index in [1.807, 2.05) is 29.3 Å². The van der Waals surface area contributed by atoms with E-state index >= 15 is 0 Å². The van der Waals surface area contributed by atoms with E-state index in [2.05, 4.69) is 10.2 Å². The lowest BCUT2D eigenvalue weighted by Gasteiger charge is -2.37. The Morgan fingerprint density at radius 1 is 1.22 bits per heavy atom. The van der Waals surface area contributed by atoms with E-state index in [0.29, 0.717) is 42.6 Å². The molecule has 2 amide bonds. The first-order chi connectivity index (χ1) is 13.0. The minimum atomic E-state index is -0.301. The number of hydrogen-bond donors (Lipinski definition) is 1. The summed E-state index contributed by atoms with van der Waals surface area (Å²) in [5.41, 5.74) is 0.629. The number of methoxy groups -OCH3 is 1. The smallest absolute Gasteiger partial charge is 0.264 e. The van der Waals surface area contributed by atoms with E-state index in [-0.39, 0.29) is 17.9 Å². The quantitative estimate of drug-likeness (QED) is 0.826. The van der Waals surface area contributed by atoms with Crippen LogP contribution in [-0.4, -0.2) is 60.9 Å². The van der Waals surface area contributed by atoms with Gasteiger partial charge in [-0.25, -0.2) is 0 Å². The van der Waals surface area contributed by atoms with Gasteiger partial charge in [0.05, 0.1) is 23.1 Å². The second-order valence-electron chi connectivity index (χ2n) is 6.32. The lowest BCUT2D eigenvalue weighted by atomic mass is 10.2. The molecule has 3 rings (SSSR count). The van der Waals surface area contributed by atoms with Crippen LogP contribution in [0.5, 0.6) is 5.75 Å². The fourth-order valence-electron chi connectivity index (χ4n) is 3.03. The summed E-state index contributed by atoms with van der Waals surface area (Å²) in [5, 5.41) is 5.24. The van der Waals surface area contributed by atoms with E-state index in [1.54, 1.807) is 25.3 Å². The largest absolute Gasteiger partial charge is 0.495 e. The van der Waals surface area contributed by atoms with Crippen molar-refractivity contribution in [3.8, 4) is 5.75 Å². The maximum atomic E-state index is 12.6. The third kappa shape index (κ3) is 4.61. The van der Waals surface area contributed by atoms with Gasteiger partial charge in [-0.15, -0.1) is 11.3 Å². The number of benzene rings is 1. The number of amides is 2. The minimum absolute atomic E-state index is 0.0645. The molecule has 1 aromatic heterocycles. The van der Waals surface area contributed by atoms with Crippen LogP contribution in [0.3, 0.4) is 0 Å². The first-order valence-corrected chi connectivity index (χ1v) is 9.96. The zero-order valence-corrected chi connectivity index (χ0v) is 16.8. The van der Waals surface area contributed by atoms with Gasteiger partial charge < -0.3 is 15.0 Å². The number of rotatable bonds is 5. The summed E-state index contributed by atoms with van der Waals surface area (Å²) in [7, 11) is 1.55. The van der Waals surface area contributed by atoms with Gasteiger partial charge in [-0.2, -0.15) is 0 Å². The molecule has 1 saturated heterocycles. The van der Waals surface area contributed by atoms with Gasteiger partial charge in [-0.1, -0.05) is 17.7 Å². The molecule has 1 aliphatic rings. The number of piperazine rings is 1. The van der Waals surface area contributed by atoms with Crippen molar-refractivity contribution >= 4 is 40.4 Å². The SMILES string of the molecule is COc1ccc(NC(=O)[C@H](C)N2CCN(C(=O)c3cccs3)CC2)cc1Cl. The summed E-state index contributed by atoms with van der Waals surface area (Å²) in [5.74, 6) is 0.526. The Kier molecular flexibility index (Phi) is 6.36. The van der Waals surface area contributed by atoms with Crippen LogP contribution in [0.2, 0.25) is 5.02 Å². The molecule has 0 radical (unpaired) electrons. The Bertz CT molecular complexity index is 805. The normalized spacial score (nSPS) is 16.0. The monoisotopic (exact) mass is 407 g/mol. The van der Waals surface area contributed by atoms with Crippen molar-refractivity contribution in [3.05, 3.63) is 45.6 Å². The summed E-state index contributed by atoms with van der Waals surface area (Å²) in [6, 6.07) is 8.57. The molecule has 0 spiro atoms. The molecule has 0 saturated carbocycles. The van der Waals surface area contributed by atoms with Gasteiger partial charge in [0, 0.05) is 31.9 Å². The van der Waals surface area contributed by atoms with Crippen LogP contribution in [0.4, 0.5) is 5.69 Å². The molecule has 8 heteroatoms. The molecule has 0 aliphatic carbocycles. The Morgan fingerprint density at radius 2 is 1.96 bits per heavy atom. The molecule has 2 aromatic rings. The molecule has 27 heavy (non-hydrogen) atoms. The van der Waals surface area contributed by atoms with E-state index in [0.717, 1.165) is 4.88 Å². The molecule has 2 heterocycles. The van der Waals surface area contributed by atoms with Crippen LogP contribution in [0, 0.1) is 0 Å². The maximum absolute atomic E-state index is 12.6. The number of thiophene rings is 1. The van der Waals surface area contributed by atoms with E-state index in [9.17, 15) is 9.59 Å². The molecule has 0 bridgehead atoms. The highest BCUT2D eigenvalue weighted by molar-refractivity contribution is 7.12. The Labute approximate surface area is 167 Å². The van der Waals surface area contributed by atoms with Crippen molar-refractivity contribution in [3.63, 3.8) is 0 Å². The van der Waals surface area contributed by atoms with Crippen LogP contribution in [0.25, 0.3) is 0 Å². The molecule has 1 fully saturated rings. The standard InChI is InChI=1S/C19H22ClN3O3S/c1-13(18(24)21-14-5-6-16(26-2)15(20)12-14)22-7-9-23(10-8-22)19(25)17-4-3-11-27-17/h3-6,11-13H,7-10H2,1-2H3,(H,21,24)/t13-/m0/s1. The highest BCUT2D eigenvalue weighted by atomic mass is 35.5. The van der Waals surface area contributed by atoms with Crippen LogP contribution in [-0.2, 0) is 4.79 Å². The van der Waals surface area contributed by atoms with Crippen molar-refractivity contribution in [1.82, 2.24) is 9.80 Å². The second-order valence-corrected chi connectivity index (χ2v) is 7.67. The summed E-state index contributed by atoms with van der Waals surface area (Å²) >= 11 is 7.56. The Balaban J connectivity index is 1.54. The molecule has 1 aliphatic heterocycles. The number of nitrogens with zero attached hydrogens (tertiary/aromatic N) is 2. The average Bonchev–Trinajstić information content (AvgIpc) is 3.22. The topological polar surface area (TPSA) is 61.9 Å². The van der Waals surface area contributed by atoms with E-state index in [4.69, 9.17) is 16.3 Å². The van der Waals surface area contributed by atoms with Crippen LogP contribution >= 0.6 is 22.9 Å². The Morgan fingerprint density at radius 3 is 2.56 bits per heavy atom.